The molecule has 210 valence electrons. The van der Waals surface area contributed by atoms with E-state index < -0.39 is 17.6 Å². The lowest BCUT2D eigenvalue weighted by atomic mass is 10.0. The van der Waals surface area contributed by atoms with E-state index in [9.17, 15) is 9.59 Å². The number of hydrogen-bond donors (Lipinski definition) is 2. The topological polar surface area (TPSA) is 109 Å². The number of ether oxygens (including phenoxy) is 2. The summed E-state index contributed by atoms with van der Waals surface area (Å²) >= 11 is 0. The van der Waals surface area contributed by atoms with E-state index in [1.165, 1.54) is 0 Å². The van der Waals surface area contributed by atoms with E-state index in [2.05, 4.69) is 21.5 Å². The van der Waals surface area contributed by atoms with Gasteiger partial charge in [-0.3, -0.25) is 0 Å². The van der Waals surface area contributed by atoms with E-state index in [-0.39, 0.29) is 12.6 Å². The molecule has 2 aromatic rings. The molecule has 0 saturated carbocycles. The molecule has 0 spiro atoms. The number of terminal acetylenes is 1. The lowest BCUT2D eigenvalue weighted by Crippen LogP contribution is -2.38. The summed E-state index contributed by atoms with van der Waals surface area (Å²) in [6.45, 7) is 12.7. The molecule has 1 aliphatic rings. The summed E-state index contributed by atoms with van der Waals surface area (Å²) in [4.78, 5) is 38.6. The second-order valence-electron chi connectivity index (χ2n) is 10.3. The van der Waals surface area contributed by atoms with Gasteiger partial charge in [0.15, 0.2) is 5.82 Å². The third-order valence-electron chi connectivity index (χ3n) is 6.14. The van der Waals surface area contributed by atoms with Crippen molar-refractivity contribution in [1.82, 2.24) is 14.9 Å². The van der Waals surface area contributed by atoms with Crippen LogP contribution in [0.25, 0.3) is 0 Å². The zero-order chi connectivity index (χ0) is 28.4. The first-order valence-electron chi connectivity index (χ1n) is 13.5. The van der Waals surface area contributed by atoms with E-state index in [4.69, 9.17) is 20.9 Å². The summed E-state index contributed by atoms with van der Waals surface area (Å²) in [6.07, 6.45) is 9.09. The van der Waals surface area contributed by atoms with Gasteiger partial charge in [-0.1, -0.05) is 18.1 Å². The van der Waals surface area contributed by atoms with Crippen molar-refractivity contribution in [2.45, 2.75) is 65.5 Å². The molecule has 2 N–H and O–H groups in total. The summed E-state index contributed by atoms with van der Waals surface area (Å²) in [6, 6.07) is 6.39. The average molecular weight is 537 g/mol. The fourth-order valence-corrected chi connectivity index (χ4v) is 4.14. The van der Waals surface area contributed by atoms with Crippen LogP contribution in [0.5, 0.6) is 5.75 Å². The minimum Gasteiger partial charge on any atom is -0.458 e. The number of nitrogens with zero attached hydrogens (tertiary/aromatic N) is 4. The summed E-state index contributed by atoms with van der Waals surface area (Å²) in [5.74, 6) is 3.58. The Kier molecular flexibility index (Phi) is 10.4. The molecule has 0 unspecified atom stereocenters. The van der Waals surface area contributed by atoms with Crippen molar-refractivity contribution >= 4 is 29.5 Å². The number of esters is 1. The van der Waals surface area contributed by atoms with Crippen LogP contribution in [0.3, 0.4) is 0 Å². The number of aromatic nitrogens is 2. The summed E-state index contributed by atoms with van der Waals surface area (Å²) in [7, 11) is 0. The van der Waals surface area contributed by atoms with Crippen LogP contribution in [0.4, 0.5) is 22.2 Å². The Morgan fingerprint density at radius 2 is 1.82 bits per heavy atom. The van der Waals surface area contributed by atoms with Crippen LogP contribution in [-0.2, 0) is 16.0 Å². The normalized spacial score (nSPS) is 13.8. The zero-order valence-electron chi connectivity index (χ0n) is 23.6. The van der Waals surface area contributed by atoms with E-state index in [0.717, 1.165) is 44.6 Å². The van der Waals surface area contributed by atoms with Gasteiger partial charge in [-0.2, -0.15) is 4.98 Å². The second-order valence-corrected chi connectivity index (χ2v) is 10.3. The lowest BCUT2D eigenvalue weighted by Gasteiger charge is -2.26. The van der Waals surface area contributed by atoms with Gasteiger partial charge in [0.1, 0.15) is 17.4 Å². The maximum absolute atomic E-state index is 13.3. The number of likely N-dealkylation sites (tertiary alicyclic amines) is 1. The number of rotatable bonds is 11. The predicted octanol–water partition coefficient (Wildman–Crippen LogP) is 4.33. The van der Waals surface area contributed by atoms with Gasteiger partial charge in [-0.15, -0.1) is 6.42 Å². The SMILES string of the molecule is C#CCNc1cnc(N(CC)CC)nc1N[C@@H](Cc1ccc(OC(=O)N2CCCC2)cc1)C(=O)OC(C)(C)C. The second kappa shape index (κ2) is 13.7. The Balaban J connectivity index is 1.84. The number of amides is 1. The lowest BCUT2D eigenvalue weighted by molar-refractivity contribution is -0.155. The van der Waals surface area contributed by atoms with E-state index in [1.807, 2.05) is 51.7 Å². The van der Waals surface area contributed by atoms with Gasteiger partial charge in [0, 0.05) is 32.6 Å². The molecule has 1 saturated heterocycles. The van der Waals surface area contributed by atoms with Crippen LogP contribution in [0, 0.1) is 12.3 Å². The molecule has 1 aliphatic heterocycles. The van der Waals surface area contributed by atoms with Crippen LogP contribution in [-0.4, -0.2) is 71.3 Å². The molecule has 3 rings (SSSR count). The molecule has 1 aromatic carbocycles. The van der Waals surface area contributed by atoms with Crippen LogP contribution in [0.2, 0.25) is 0 Å². The highest BCUT2D eigenvalue weighted by atomic mass is 16.6. The highest BCUT2D eigenvalue weighted by Crippen LogP contribution is 2.25. The molecule has 0 radical (unpaired) electrons. The van der Waals surface area contributed by atoms with Crippen LogP contribution < -0.4 is 20.3 Å². The fourth-order valence-electron chi connectivity index (χ4n) is 4.14. The van der Waals surface area contributed by atoms with E-state index in [1.54, 1.807) is 23.2 Å². The number of hydrogen-bond acceptors (Lipinski definition) is 9. The minimum atomic E-state index is -0.756. The molecule has 39 heavy (non-hydrogen) atoms. The van der Waals surface area contributed by atoms with E-state index >= 15 is 0 Å². The first-order chi connectivity index (χ1) is 18.6. The van der Waals surface area contributed by atoms with Crippen molar-refractivity contribution in [3.8, 4) is 18.1 Å². The van der Waals surface area contributed by atoms with Crippen molar-refractivity contribution in [3.63, 3.8) is 0 Å². The summed E-state index contributed by atoms with van der Waals surface area (Å²) in [5.41, 5.74) is 0.768. The van der Waals surface area contributed by atoms with Crippen molar-refractivity contribution < 1.29 is 19.1 Å². The summed E-state index contributed by atoms with van der Waals surface area (Å²) in [5, 5.41) is 6.40. The minimum absolute atomic E-state index is 0.275. The zero-order valence-corrected chi connectivity index (χ0v) is 23.6. The Morgan fingerprint density at radius 1 is 1.15 bits per heavy atom. The molecule has 0 aliphatic carbocycles. The van der Waals surface area contributed by atoms with Gasteiger partial charge in [0.05, 0.1) is 18.4 Å². The molecular formula is C29H40N6O4. The predicted molar refractivity (Wildman–Crippen MR) is 153 cm³/mol. The monoisotopic (exact) mass is 536 g/mol. The number of benzene rings is 1. The Labute approximate surface area is 231 Å². The van der Waals surface area contributed by atoms with Crippen LogP contribution >= 0.6 is 0 Å². The quantitative estimate of drug-likeness (QED) is 0.320. The third kappa shape index (κ3) is 8.77. The van der Waals surface area contributed by atoms with Gasteiger partial charge in [0.25, 0.3) is 0 Å². The first-order valence-corrected chi connectivity index (χ1v) is 13.5. The molecule has 1 atom stereocenters. The first kappa shape index (κ1) is 29.6. The van der Waals surface area contributed by atoms with Crippen molar-refractivity contribution in [3.05, 3.63) is 36.0 Å². The van der Waals surface area contributed by atoms with Gasteiger partial charge >= 0.3 is 12.1 Å². The largest absolute Gasteiger partial charge is 0.458 e. The van der Waals surface area contributed by atoms with Crippen molar-refractivity contribution in [1.29, 1.82) is 0 Å². The van der Waals surface area contributed by atoms with Gasteiger partial charge in [-0.25, -0.2) is 14.6 Å². The number of carbonyl (C=O) groups is 2. The molecule has 10 heteroatoms. The van der Waals surface area contributed by atoms with Crippen molar-refractivity contribution in [2.24, 2.45) is 0 Å². The Hall–Kier alpha value is -4.00. The Morgan fingerprint density at radius 3 is 2.41 bits per heavy atom. The maximum Gasteiger partial charge on any atom is 0.415 e. The van der Waals surface area contributed by atoms with E-state index in [0.29, 0.717) is 29.6 Å². The fraction of sp³-hybridized carbons (Fsp3) is 0.517. The summed E-state index contributed by atoms with van der Waals surface area (Å²) < 4.78 is 11.2. The molecule has 1 aromatic heterocycles. The van der Waals surface area contributed by atoms with Gasteiger partial charge in [-0.05, 0) is 65.2 Å². The molecule has 0 bridgehead atoms. The highest BCUT2D eigenvalue weighted by Gasteiger charge is 2.27. The number of nitrogens with one attached hydrogen (secondary N) is 2. The molecule has 1 amide bonds. The number of anilines is 3. The standard InChI is InChI=1S/C29H40N6O4/c1-7-16-30-24-20-31-27(34(8-2)9-3)33-25(24)32-23(26(36)39-29(4,5)6)19-21-12-14-22(15-13-21)38-28(37)35-17-10-11-18-35/h1,12-15,20,23,30H,8-11,16-19H2,2-6H3,(H,31,32,33)/t23-/m0/s1. The van der Waals surface area contributed by atoms with Crippen LogP contribution in [0.1, 0.15) is 53.0 Å². The van der Waals surface area contributed by atoms with Crippen LogP contribution in [0.15, 0.2) is 30.5 Å². The molecule has 1 fully saturated rings. The average Bonchev–Trinajstić information content (AvgIpc) is 3.44. The Bertz CT molecular complexity index is 1150. The third-order valence-corrected chi connectivity index (χ3v) is 6.14. The molecular weight excluding hydrogens is 496 g/mol. The maximum atomic E-state index is 13.3. The molecule has 2 heterocycles. The van der Waals surface area contributed by atoms with Gasteiger partial charge in [0.2, 0.25) is 5.95 Å². The highest BCUT2D eigenvalue weighted by molar-refractivity contribution is 5.81. The smallest absolute Gasteiger partial charge is 0.415 e. The van der Waals surface area contributed by atoms with Gasteiger partial charge < -0.3 is 29.9 Å². The molecule has 10 nitrogen and oxygen atoms in total. The number of carbonyl (C=O) groups excluding carboxylic acids is 2. The van der Waals surface area contributed by atoms with Crippen molar-refractivity contribution in [2.75, 3.05) is 48.3 Å².